The maximum Gasteiger partial charge on any atom is 0.311 e. The van der Waals surface area contributed by atoms with Crippen LogP contribution in [-0.4, -0.2) is 46.6 Å². The molecule has 0 amide bonds. The molecular weight excluding hydrogens is 408 g/mol. The quantitative estimate of drug-likeness (QED) is 0.561. The smallest absolute Gasteiger partial charge is 0.311 e. The molecule has 0 aromatic heterocycles. The Morgan fingerprint density at radius 1 is 1.22 bits per heavy atom. The number of fused-ring (bicyclic) bond motifs is 1. The molecule has 0 bridgehead atoms. The van der Waals surface area contributed by atoms with Gasteiger partial charge in [-0.3, -0.25) is 9.59 Å². The van der Waals surface area contributed by atoms with Crippen LogP contribution >= 0.6 is 0 Å². The molecule has 2 aliphatic carbocycles. The van der Waals surface area contributed by atoms with Crippen molar-refractivity contribution in [3.8, 4) is 0 Å². The summed E-state index contributed by atoms with van der Waals surface area (Å²) in [6.07, 6.45) is 5.47. The summed E-state index contributed by atoms with van der Waals surface area (Å²) in [5.74, 6) is 1.29. The molecule has 0 aromatic carbocycles. The minimum absolute atomic E-state index is 0.0903. The Labute approximate surface area is 193 Å². The number of ether oxygens (including phenoxy) is 2. The van der Waals surface area contributed by atoms with Crippen molar-refractivity contribution in [1.82, 2.24) is 0 Å². The van der Waals surface area contributed by atoms with E-state index in [-0.39, 0.29) is 42.4 Å². The first-order chi connectivity index (χ1) is 15.0. The summed E-state index contributed by atoms with van der Waals surface area (Å²) in [7, 11) is 0. The average Bonchev–Trinajstić information content (AvgIpc) is 2.72. The fourth-order valence-corrected chi connectivity index (χ4v) is 6.26. The number of carbonyl (C=O) groups excluding carboxylic acids is 2. The van der Waals surface area contributed by atoms with E-state index in [9.17, 15) is 19.8 Å². The SMILES string of the molecule is CCC(C)(C)C(=O)O[C@H]1C[C@@H](C(C)O)C[C@@H]2CC[C@H](C)[C@H](CC[C@@H]3C[C@@H](O)CC(=O)O3)[C@H]21. The van der Waals surface area contributed by atoms with E-state index < -0.39 is 17.6 Å². The van der Waals surface area contributed by atoms with E-state index in [1.807, 2.05) is 27.7 Å². The molecule has 0 radical (unpaired) electrons. The fraction of sp³-hybridized carbons (Fsp3) is 0.923. The molecule has 0 spiro atoms. The van der Waals surface area contributed by atoms with Crippen LogP contribution in [0.15, 0.2) is 0 Å². The molecule has 9 atom stereocenters. The molecule has 6 heteroatoms. The van der Waals surface area contributed by atoms with Gasteiger partial charge in [-0.05, 0) is 83.0 Å². The second kappa shape index (κ2) is 10.4. The molecule has 32 heavy (non-hydrogen) atoms. The zero-order valence-electron chi connectivity index (χ0n) is 20.6. The summed E-state index contributed by atoms with van der Waals surface area (Å²) >= 11 is 0. The van der Waals surface area contributed by atoms with Crippen LogP contribution in [0.4, 0.5) is 0 Å². The Morgan fingerprint density at radius 3 is 2.56 bits per heavy atom. The minimum Gasteiger partial charge on any atom is -0.462 e. The topological polar surface area (TPSA) is 93.1 Å². The Morgan fingerprint density at radius 2 is 1.94 bits per heavy atom. The fourth-order valence-electron chi connectivity index (χ4n) is 6.26. The Hall–Kier alpha value is -1.14. The van der Waals surface area contributed by atoms with Crippen molar-refractivity contribution < 1.29 is 29.3 Å². The van der Waals surface area contributed by atoms with Crippen molar-refractivity contribution in [3.05, 3.63) is 0 Å². The largest absolute Gasteiger partial charge is 0.462 e. The minimum atomic E-state index is -0.607. The summed E-state index contributed by atoms with van der Waals surface area (Å²) in [5, 5.41) is 20.3. The molecule has 0 aromatic rings. The first-order valence-corrected chi connectivity index (χ1v) is 12.8. The molecule has 2 saturated carbocycles. The molecule has 3 rings (SSSR count). The van der Waals surface area contributed by atoms with Gasteiger partial charge in [-0.1, -0.05) is 20.3 Å². The van der Waals surface area contributed by atoms with Gasteiger partial charge < -0.3 is 19.7 Å². The zero-order valence-corrected chi connectivity index (χ0v) is 20.6. The van der Waals surface area contributed by atoms with Crippen molar-refractivity contribution in [2.24, 2.45) is 35.0 Å². The van der Waals surface area contributed by atoms with E-state index in [0.717, 1.165) is 38.5 Å². The van der Waals surface area contributed by atoms with Gasteiger partial charge >= 0.3 is 11.9 Å². The summed E-state index contributed by atoms with van der Waals surface area (Å²) in [6.45, 7) is 10.0. The number of esters is 2. The van der Waals surface area contributed by atoms with Crippen molar-refractivity contribution in [2.45, 2.75) is 117 Å². The molecule has 1 aliphatic heterocycles. The average molecular weight is 453 g/mol. The Kier molecular flexibility index (Phi) is 8.30. The van der Waals surface area contributed by atoms with Gasteiger partial charge in [0.2, 0.25) is 0 Å². The molecule has 3 fully saturated rings. The molecule has 1 unspecified atom stereocenters. The van der Waals surface area contributed by atoms with Crippen LogP contribution in [0.1, 0.15) is 92.4 Å². The summed E-state index contributed by atoms with van der Waals surface area (Å²) < 4.78 is 11.7. The molecule has 3 aliphatic rings. The first kappa shape index (κ1) is 25.5. The van der Waals surface area contributed by atoms with Crippen LogP contribution in [0.2, 0.25) is 0 Å². The number of carbonyl (C=O) groups is 2. The van der Waals surface area contributed by atoms with Gasteiger partial charge in [0.05, 0.1) is 24.0 Å². The van der Waals surface area contributed by atoms with Crippen molar-refractivity contribution in [1.29, 1.82) is 0 Å². The monoisotopic (exact) mass is 452 g/mol. The van der Waals surface area contributed by atoms with E-state index in [1.165, 1.54) is 0 Å². The third kappa shape index (κ3) is 5.85. The highest BCUT2D eigenvalue weighted by Crippen LogP contribution is 2.51. The summed E-state index contributed by atoms with van der Waals surface area (Å²) in [5.41, 5.74) is -0.518. The van der Waals surface area contributed by atoms with Gasteiger partial charge in [-0.15, -0.1) is 0 Å². The van der Waals surface area contributed by atoms with E-state index in [2.05, 4.69) is 6.92 Å². The van der Waals surface area contributed by atoms with Crippen molar-refractivity contribution in [3.63, 3.8) is 0 Å². The lowest BCUT2D eigenvalue weighted by Gasteiger charge is -2.51. The standard InChI is InChI=1S/C26H44O6/c1-6-26(4,5)25(30)32-22-12-18(16(3)27)11-17-8-7-15(2)21(24(17)22)10-9-20-13-19(28)14-23(29)31-20/h15-22,24,27-28H,6-14H2,1-5H3/t15-,16?,17-,18-,19+,20+,21-,22-,24-/m0/s1. The second-order valence-corrected chi connectivity index (χ2v) is 11.5. The first-order valence-electron chi connectivity index (χ1n) is 12.8. The van der Waals surface area contributed by atoms with Crippen LogP contribution in [0, 0.1) is 35.0 Å². The maximum atomic E-state index is 13.0. The molecule has 6 nitrogen and oxygen atoms in total. The predicted molar refractivity (Wildman–Crippen MR) is 122 cm³/mol. The van der Waals surface area contributed by atoms with E-state index in [1.54, 1.807) is 0 Å². The van der Waals surface area contributed by atoms with Crippen molar-refractivity contribution >= 4 is 11.9 Å². The van der Waals surface area contributed by atoms with Crippen LogP contribution in [0.3, 0.4) is 0 Å². The normalized spacial score (nSPS) is 39.0. The summed E-state index contributed by atoms with van der Waals surface area (Å²) in [4.78, 5) is 24.8. The highest BCUT2D eigenvalue weighted by Gasteiger charge is 2.49. The Bertz CT molecular complexity index is 659. The van der Waals surface area contributed by atoms with Crippen LogP contribution < -0.4 is 0 Å². The molecule has 1 heterocycles. The van der Waals surface area contributed by atoms with Crippen LogP contribution in [0.5, 0.6) is 0 Å². The van der Waals surface area contributed by atoms with E-state index >= 15 is 0 Å². The lowest BCUT2D eigenvalue weighted by Crippen LogP contribution is -2.50. The number of hydrogen-bond donors (Lipinski definition) is 2. The molecule has 1 saturated heterocycles. The number of aliphatic hydroxyl groups is 2. The van der Waals surface area contributed by atoms with Crippen LogP contribution in [0.25, 0.3) is 0 Å². The number of aliphatic hydroxyl groups excluding tert-OH is 2. The highest BCUT2D eigenvalue weighted by molar-refractivity contribution is 5.76. The maximum absolute atomic E-state index is 13.0. The third-order valence-corrected chi connectivity index (χ3v) is 8.77. The molecule has 184 valence electrons. The van der Waals surface area contributed by atoms with Crippen LogP contribution in [-0.2, 0) is 19.1 Å². The van der Waals surface area contributed by atoms with Gasteiger partial charge in [-0.2, -0.15) is 0 Å². The number of rotatable bonds is 7. The zero-order chi connectivity index (χ0) is 23.6. The number of cyclic esters (lactones) is 1. The number of hydrogen-bond acceptors (Lipinski definition) is 6. The molecule has 2 N–H and O–H groups in total. The van der Waals surface area contributed by atoms with Crippen molar-refractivity contribution in [2.75, 3.05) is 0 Å². The van der Waals surface area contributed by atoms with Gasteiger partial charge in [0.25, 0.3) is 0 Å². The third-order valence-electron chi connectivity index (χ3n) is 8.77. The lowest BCUT2D eigenvalue weighted by atomic mass is 9.57. The van der Waals surface area contributed by atoms with E-state index in [4.69, 9.17) is 9.47 Å². The van der Waals surface area contributed by atoms with Gasteiger partial charge in [0.15, 0.2) is 0 Å². The van der Waals surface area contributed by atoms with Gasteiger partial charge in [-0.25, -0.2) is 0 Å². The van der Waals surface area contributed by atoms with E-state index in [0.29, 0.717) is 30.6 Å². The second-order valence-electron chi connectivity index (χ2n) is 11.5. The van der Waals surface area contributed by atoms with Gasteiger partial charge in [0, 0.05) is 12.3 Å². The predicted octanol–water partition coefficient (Wildman–Crippen LogP) is 4.25. The summed E-state index contributed by atoms with van der Waals surface area (Å²) in [6, 6.07) is 0. The molecular formula is C26H44O6. The lowest BCUT2D eigenvalue weighted by molar-refractivity contribution is -0.176. The Balaban J connectivity index is 1.77. The highest BCUT2D eigenvalue weighted by atomic mass is 16.6. The van der Waals surface area contributed by atoms with Gasteiger partial charge in [0.1, 0.15) is 12.2 Å².